The summed E-state index contributed by atoms with van der Waals surface area (Å²) in [5.41, 5.74) is 5.54. The lowest BCUT2D eigenvalue weighted by Crippen LogP contribution is -1.99. The number of hydrogen-bond donors (Lipinski definition) is 0. The highest BCUT2D eigenvalue weighted by Crippen LogP contribution is 2.29. The van der Waals surface area contributed by atoms with Gasteiger partial charge in [0.25, 0.3) is 0 Å². The summed E-state index contributed by atoms with van der Waals surface area (Å²) in [6.45, 7) is 4.73. The van der Waals surface area contributed by atoms with Gasteiger partial charge in [-0.1, -0.05) is 70.5 Å². The molecule has 0 N–H and O–H groups in total. The van der Waals surface area contributed by atoms with Crippen LogP contribution >= 0.6 is 15.9 Å². The third-order valence-corrected chi connectivity index (χ3v) is 5.68. The zero-order valence-electron chi connectivity index (χ0n) is 16.5. The fourth-order valence-electron chi connectivity index (χ4n) is 3.29. The maximum atomic E-state index is 6.21. The predicted molar refractivity (Wildman–Crippen MR) is 126 cm³/mol. The molecule has 144 valence electrons. The van der Waals surface area contributed by atoms with Gasteiger partial charge in [-0.25, -0.2) is 0 Å². The minimum absolute atomic E-state index is 0.510. The molecule has 0 radical (unpaired) electrons. The van der Waals surface area contributed by atoms with Gasteiger partial charge in [-0.05, 0) is 65.6 Å². The SMILES string of the molecule is Cc1cccc(N=Cc2c(OCc3ccc(Br)cc3)ccc3ccccc23)c1C. The molecule has 0 fully saturated rings. The van der Waals surface area contributed by atoms with E-state index >= 15 is 0 Å². The van der Waals surface area contributed by atoms with Crippen LogP contribution in [0.3, 0.4) is 0 Å². The van der Waals surface area contributed by atoms with Crippen molar-refractivity contribution >= 4 is 38.6 Å². The molecular weight excluding hydrogens is 422 g/mol. The molecule has 0 aliphatic carbocycles. The minimum atomic E-state index is 0.510. The molecule has 4 aromatic carbocycles. The van der Waals surface area contributed by atoms with E-state index in [1.54, 1.807) is 0 Å². The Labute approximate surface area is 180 Å². The Morgan fingerprint density at radius 3 is 2.48 bits per heavy atom. The van der Waals surface area contributed by atoms with E-state index in [-0.39, 0.29) is 0 Å². The summed E-state index contributed by atoms with van der Waals surface area (Å²) >= 11 is 3.48. The first-order chi connectivity index (χ1) is 14.1. The summed E-state index contributed by atoms with van der Waals surface area (Å²) < 4.78 is 7.27. The molecule has 29 heavy (non-hydrogen) atoms. The van der Waals surface area contributed by atoms with Gasteiger partial charge in [0, 0.05) is 16.3 Å². The predicted octanol–water partition coefficient (Wildman–Crippen LogP) is 7.55. The highest BCUT2D eigenvalue weighted by atomic mass is 79.9. The van der Waals surface area contributed by atoms with Gasteiger partial charge >= 0.3 is 0 Å². The molecule has 0 saturated carbocycles. The molecular formula is C26H22BrNO. The van der Waals surface area contributed by atoms with Gasteiger partial charge < -0.3 is 4.74 Å². The quantitative estimate of drug-likeness (QED) is 0.291. The lowest BCUT2D eigenvalue weighted by Gasteiger charge is -2.12. The fraction of sp³-hybridized carbons (Fsp3) is 0.115. The van der Waals surface area contributed by atoms with Crippen molar-refractivity contribution < 1.29 is 4.74 Å². The van der Waals surface area contributed by atoms with Gasteiger partial charge in [-0.2, -0.15) is 0 Å². The Balaban J connectivity index is 1.71. The number of aryl methyl sites for hydroxylation is 1. The second kappa shape index (κ2) is 8.62. The number of halogens is 1. The maximum Gasteiger partial charge on any atom is 0.129 e. The van der Waals surface area contributed by atoms with Gasteiger partial charge in [-0.15, -0.1) is 0 Å². The number of rotatable bonds is 5. The van der Waals surface area contributed by atoms with Crippen molar-refractivity contribution in [3.05, 3.63) is 106 Å². The largest absolute Gasteiger partial charge is 0.488 e. The lowest BCUT2D eigenvalue weighted by atomic mass is 10.0. The van der Waals surface area contributed by atoms with Crippen molar-refractivity contribution in [1.82, 2.24) is 0 Å². The summed E-state index contributed by atoms with van der Waals surface area (Å²) in [6, 6.07) is 26.9. The molecule has 2 nitrogen and oxygen atoms in total. The van der Waals surface area contributed by atoms with Crippen LogP contribution in [0.5, 0.6) is 5.75 Å². The molecule has 4 aromatic rings. The molecule has 0 saturated heterocycles. The smallest absolute Gasteiger partial charge is 0.129 e. The van der Waals surface area contributed by atoms with E-state index in [4.69, 9.17) is 9.73 Å². The number of benzene rings is 4. The van der Waals surface area contributed by atoms with E-state index < -0.39 is 0 Å². The van der Waals surface area contributed by atoms with Crippen LogP contribution in [0.25, 0.3) is 10.8 Å². The molecule has 0 heterocycles. The third-order valence-electron chi connectivity index (χ3n) is 5.15. The summed E-state index contributed by atoms with van der Waals surface area (Å²) in [5.74, 6) is 0.834. The molecule has 4 rings (SSSR count). The second-order valence-corrected chi connectivity index (χ2v) is 8.01. The average Bonchev–Trinajstić information content (AvgIpc) is 2.74. The van der Waals surface area contributed by atoms with Crippen molar-refractivity contribution in [2.24, 2.45) is 4.99 Å². The van der Waals surface area contributed by atoms with Crippen LogP contribution in [-0.2, 0) is 6.61 Å². The highest BCUT2D eigenvalue weighted by Gasteiger charge is 2.08. The van der Waals surface area contributed by atoms with Crippen molar-refractivity contribution in [3.8, 4) is 5.75 Å². The number of nitrogens with zero attached hydrogens (tertiary/aromatic N) is 1. The molecule has 0 unspecified atom stereocenters. The van der Waals surface area contributed by atoms with E-state index in [9.17, 15) is 0 Å². The van der Waals surface area contributed by atoms with Crippen LogP contribution in [0.1, 0.15) is 22.3 Å². The normalized spacial score (nSPS) is 11.3. The Bertz CT molecular complexity index is 1180. The van der Waals surface area contributed by atoms with Crippen molar-refractivity contribution in [3.63, 3.8) is 0 Å². The number of hydrogen-bond acceptors (Lipinski definition) is 2. The van der Waals surface area contributed by atoms with Crippen LogP contribution in [0.2, 0.25) is 0 Å². The monoisotopic (exact) mass is 443 g/mol. The average molecular weight is 444 g/mol. The number of ether oxygens (including phenoxy) is 1. The van der Waals surface area contributed by atoms with Crippen LogP contribution < -0.4 is 4.74 Å². The Morgan fingerprint density at radius 1 is 0.862 bits per heavy atom. The molecule has 0 bridgehead atoms. The molecule has 0 aromatic heterocycles. The number of aliphatic imine (C=N–C) groups is 1. The molecule has 0 atom stereocenters. The first-order valence-corrected chi connectivity index (χ1v) is 10.4. The van der Waals surface area contributed by atoms with E-state index in [0.717, 1.165) is 32.4 Å². The first-order valence-electron chi connectivity index (χ1n) is 9.61. The van der Waals surface area contributed by atoms with Crippen molar-refractivity contribution in [1.29, 1.82) is 0 Å². The van der Waals surface area contributed by atoms with Crippen LogP contribution in [0.15, 0.2) is 88.3 Å². The van der Waals surface area contributed by atoms with Gasteiger partial charge in [-0.3, -0.25) is 4.99 Å². The Hall–Kier alpha value is -2.91. The zero-order valence-corrected chi connectivity index (χ0v) is 18.1. The van der Waals surface area contributed by atoms with Gasteiger partial charge in [0.05, 0.1) is 5.69 Å². The summed E-state index contributed by atoms with van der Waals surface area (Å²) in [4.78, 5) is 4.80. The molecule has 0 aliphatic rings. The third kappa shape index (κ3) is 4.41. The van der Waals surface area contributed by atoms with Crippen molar-refractivity contribution in [2.45, 2.75) is 20.5 Å². The molecule has 0 aliphatic heterocycles. The number of fused-ring (bicyclic) bond motifs is 1. The zero-order chi connectivity index (χ0) is 20.2. The van der Waals surface area contributed by atoms with Gasteiger partial charge in [0.1, 0.15) is 12.4 Å². The summed E-state index contributed by atoms with van der Waals surface area (Å²) in [7, 11) is 0. The van der Waals surface area contributed by atoms with E-state index in [1.165, 1.54) is 16.5 Å². The molecule has 3 heteroatoms. The van der Waals surface area contributed by atoms with E-state index in [0.29, 0.717) is 6.61 Å². The van der Waals surface area contributed by atoms with Gasteiger partial charge in [0.2, 0.25) is 0 Å². The Kier molecular flexibility index (Phi) is 5.77. The van der Waals surface area contributed by atoms with E-state index in [2.05, 4.69) is 78.3 Å². The maximum absolute atomic E-state index is 6.21. The topological polar surface area (TPSA) is 21.6 Å². The standard InChI is InChI=1S/C26H22BrNO/c1-18-6-5-9-25(19(18)2)28-16-24-23-8-4-3-7-21(23)12-15-26(24)29-17-20-10-13-22(27)14-11-20/h3-16H,17H2,1-2H3. The summed E-state index contributed by atoms with van der Waals surface area (Å²) in [6.07, 6.45) is 1.93. The summed E-state index contributed by atoms with van der Waals surface area (Å²) in [5, 5.41) is 2.31. The molecule has 0 spiro atoms. The Morgan fingerprint density at radius 2 is 1.66 bits per heavy atom. The highest BCUT2D eigenvalue weighted by molar-refractivity contribution is 9.10. The van der Waals surface area contributed by atoms with Crippen LogP contribution in [0.4, 0.5) is 5.69 Å². The van der Waals surface area contributed by atoms with Gasteiger partial charge in [0.15, 0.2) is 0 Å². The second-order valence-electron chi connectivity index (χ2n) is 7.09. The van der Waals surface area contributed by atoms with Crippen LogP contribution in [0, 0.1) is 13.8 Å². The fourth-order valence-corrected chi connectivity index (χ4v) is 3.55. The molecule has 0 amide bonds. The lowest BCUT2D eigenvalue weighted by molar-refractivity contribution is 0.306. The van der Waals surface area contributed by atoms with Crippen molar-refractivity contribution in [2.75, 3.05) is 0 Å². The van der Waals surface area contributed by atoms with Crippen LogP contribution in [-0.4, -0.2) is 6.21 Å². The minimum Gasteiger partial charge on any atom is -0.488 e. The van der Waals surface area contributed by atoms with E-state index in [1.807, 2.05) is 36.5 Å². The first kappa shape index (κ1) is 19.4.